The van der Waals surface area contributed by atoms with E-state index in [0.717, 1.165) is 23.3 Å². The van der Waals surface area contributed by atoms with Crippen LogP contribution in [0.15, 0.2) is 24.3 Å². The van der Waals surface area contributed by atoms with Gasteiger partial charge in [0.1, 0.15) is 4.88 Å². The minimum atomic E-state index is -0.369. The molecule has 0 fully saturated rings. The quantitative estimate of drug-likeness (QED) is 0.703. The summed E-state index contributed by atoms with van der Waals surface area (Å²) in [5.41, 5.74) is 2.78. The maximum atomic E-state index is 11.9. The van der Waals surface area contributed by atoms with Gasteiger partial charge in [-0.1, -0.05) is 60.5 Å². The number of aryl methyl sites for hydroxylation is 1. The highest BCUT2D eigenvalue weighted by Crippen LogP contribution is 2.31. The Kier molecular flexibility index (Phi) is 5.76. The number of esters is 1. The predicted molar refractivity (Wildman–Crippen MR) is 87.1 cm³/mol. The largest absolute Gasteiger partial charge is 0.462 e. The molecule has 0 amide bonds. The van der Waals surface area contributed by atoms with Gasteiger partial charge in [-0.3, -0.25) is 0 Å². The molecule has 1 heterocycles. The summed E-state index contributed by atoms with van der Waals surface area (Å²) in [4.78, 5) is 16.7. The molecule has 2 rings (SSSR count). The first kappa shape index (κ1) is 16.0. The van der Waals surface area contributed by atoms with Gasteiger partial charge in [-0.05, 0) is 25.3 Å². The molecule has 0 N–H and O–H groups in total. The van der Waals surface area contributed by atoms with Crippen LogP contribution in [-0.4, -0.2) is 17.6 Å². The van der Waals surface area contributed by atoms with Crippen LogP contribution >= 0.6 is 22.9 Å². The molecule has 3 nitrogen and oxygen atoms in total. The van der Waals surface area contributed by atoms with Crippen LogP contribution in [-0.2, 0) is 11.2 Å². The maximum Gasteiger partial charge on any atom is 0.350 e. The van der Waals surface area contributed by atoms with Crippen LogP contribution in [0.1, 0.15) is 41.9 Å². The summed E-state index contributed by atoms with van der Waals surface area (Å²) in [7, 11) is 0. The summed E-state index contributed by atoms with van der Waals surface area (Å²) in [6, 6.07) is 8.12. The second kappa shape index (κ2) is 7.57. The van der Waals surface area contributed by atoms with Crippen molar-refractivity contribution < 1.29 is 9.53 Å². The van der Waals surface area contributed by atoms with Crippen molar-refractivity contribution >= 4 is 28.9 Å². The third-order valence-electron chi connectivity index (χ3n) is 3.11. The summed E-state index contributed by atoms with van der Waals surface area (Å²) in [6.45, 7) is 4.30. The van der Waals surface area contributed by atoms with Gasteiger partial charge in [0.25, 0.3) is 0 Å². The molecule has 0 aliphatic rings. The van der Waals surface area contributed by atoms with Gasteiger partial charge in [-0.25, -0.2) is 9.78 Å². The average molecular weight is 324 g/mol. The normalized spacial score (nSPS) is 10.6. The Morgan fingerprint density at radius 3 is 2.62 bits per heavy atom. The minimum Gasteiger partial charge on any atom is -0.462 e. The van der Waals surface area contributed by atoms with E-state index in [4.69, 9.17) is 16.3 Å². The van der Waals surface area contributed by atoms with Crippen molar-refractivity contribution in [1.29, 1.82) is 0 Å². The Labute approximate surface area is 133 Å². The van der Waals surface area contributed by atoms with Crippen molar-refractivity contribution in [1.82, 2.24) is 4.98 Å². The van der Waals surface area contributed by atoms with Crippen LogP contribution in [0.2, 0.25) is 4.47 Å². The van der Waals surface area contributed by atoms with E-state index in [9.17, 15) is 4.79 Å². The Balaban J connectivity index is 2.27. The van der Waals surface area contributed by atoms with Gasteiger partial charge in [-0.2, -0.15) is 0 Å². The monoisotopic (exact) mass is 323 g/mol. The number of rotatable bonds is 6. The van der Waals surface area contributed by atoms with Crippen molar-refractivity contribution in [2.75, 3.05) is 6.61 Å². The highest BCUT2D eigenvalue weighted by molar-refractivity contribution is 7.17. The van der Waals surface area contributed by atoms with Crippen LogP contribution < -0.4 is 0 Å². The van der Waals surface area contributed by atoms with E-state index in [-0.39, 0.29) is 5.97 Å². The first-order valence-corrected chi connectivity index (χ1v) is 8.27. The predicted octanol–water partition coefficient (Wildman–Crippen LogP) is 4.98. The molecule has 5 heteroatoms. The fraction of sp³-hybridized carbons (Fsp3) is 0.375. The molecule has 0 saturated carbocycles. The smallest absolute Gasteiger partial charge is 0.350 e. The van der Waals surface area contributed by atoms with E-state index in [0.29, 0.717) is 21.6 Å². The summed E-state index contributed by atoms with van der Waals surface area (Å²) in [5.74, 6) is -0.369. The molecular weight excluding hydrogens is 306 g/mol. The third-order valence-corrected chi connectivity index (χ3v) is 4.25. The van der Waals surface area contributed by atoms with Crippen LogP contribution in [0, 0.1) is 0 Å². The van der Waals surface area contributed by atoms with Gasteiger partial charge in [-0.15, -0.1) is 0 Å². The number of aromatic nitrogens is 1. The zero-order valence-electron chi connectivity index (χ0n) is 12.2. The number of hydrogen-bond donors (Lipinski definition) is 0. The van der Waals surface area contributed by atoms with Gasteiger partial charge in [0, 0.05) is 5.56 Å². The van der Waals surface area contributed by atoms with Crippen molar-refractivity contribution in [2.24, 2.45) is 0 Å². The molecule has 2 aromatic rings. The molecule has 112 valence electrons. The molecule has 0 spiro atoms. The number of benzene rings is 1. The first-order chi connectivity index (χ1) is 10.2. The van der Waals surface area contributed by atoms with E-state index in [1.54, 1.807) is 6.92 Å². The van der Waals surface area contributed by atoms with Gasteiger partial charge in [0.05, 0.1) is 12.3 Å². The van der Waals surface area contributed by atoms with Gasteiger partial charge < -0.3 is 4.74 Å². The van der Waals surface area contributed by atoms with E-state index >= 15 is 0 Å². The number of thiazole rings is 1. The maximum absolute atomic E-state index is 11.9. The molecular formula is C16H18ClNO2S. The van der Waals surface area contributed by atoms with Gasteiger partial charge in [0.15, 0.2) is 4.47 Å². The Bertz CT molecular complexity index is 607. The topological polar surface area (TPSA) is 39.2 Å². The second-order valence-corrected chi connectivity index (χ2v) is 6.25. The Morgan fingerprint density at radius 1 is 1.29 bits per heavy atom. The SMILES string of the molecule is CCCCc1ccc(-c2nc(Cl)sc2C(=O)OCC)cc1. The molecule has 0 atom stereocenters. The number of carbonyl (C=O) groups excluding carboxylic acids is 1. The molecule has 0 saturated heterocycles. The summed E-state index contributed by atoms with van der Waals surface area (Å²) >= 11 is 7.11. The highest BCUT2D eigenvalue weighted by Gasteiger charge is 2.19. The molecule has 0 unspecified atom stereocenters. The molecule has 0 radical (unpaired) electrons. The van der Waals surface area contributed by atoms with Crippen molar-refractivity contribution in [2.45, 2.75) is 33.1 Å². The first-order valence-electron chi connectivity index (χ1n) is 7.08. The van der Waals surface area contributed by atoms with E-state index in [1.807, 2.05) is 12.1 Å². The van der Waals surface area contributed by atoms with Crippen molar-refractivity contribution in [3.8, 4) is 11.3 Å². The molecule has 1 aromatic carbocycles. The zero-order chi connectivity index (χ0) is 15.2. The number of hydrogen-bond acceptors (Lipinski definition) is 4. The Morgan fingerprint density at radius 2 is 2.00 bits per heavy atom. The van der Waals surface area contributed by atoms with E-state index < -0.39 is 0 Å². The lowest BCUT2D eigenvalue weighted by atomic mass is 10.0. The second-order valence-electron chi connectivity index (χ2n) is 4.67. The summed E-state index contributed by atoms with van der Waals surface area (Å²) in [5, 5.41) is 0. The fourth-order valence-electron chi connectivity index (χ4n) is 2.03. The number of nitrogens with zero attached hydrogens (tertiary/aromatic N) is 1. The van der Waals surface area contributed by atoms with Crippen LogP contribution in [0.3, 0.4) is 0 Å². The fourth-order valence-corrected chi connectivity index (χ4v) is 3.06. The lowest BCUT2D eigenvalue weighted by Gasteiger charge is -2.04. The Hall–Kier alpha value is -1.39. The van der Waals surface area contributed by atoms with Crippen LogP contribution in [0.5, 0.6) is 0 Å². The van der Waals surface area contributed by atoms with Gasteiger partial charge in [0.2, 0.25) is 0 Å². The molecule has 21 heavy (non-hydrogen) atoms. The molecule has 0 aliphatic carbocycles. The molecule has 1 aromatic heterocycles. The number of unbranched alkanes of at least 4 members (excludes halogenated alkanes) is 1. The third kappa shape index (κ3) is 4.05. The standard InChI is InChI=1S/C16H18ClNO2S/c1-3-5-6-11-7-9-12(10-8-11)13-14(15(19)20-4-2)21-16(17)18-13/h7-10H,3-6H2,1-2H3. The molecule has 0 aliphatic heterocycles. The minimum absolute atomic E-state index is 0.337. The lowest BCUT2D eigenvalue weighted by Crippen LogP contribution is -2.04. The van der Waals surface area contributed by atoms with E-state index in [2.05, 4.69) is 24.0 Å². The summed E-state index contributed by atoms with van der Waals surface area (Å²) in [6.07, 6.45) is 3.42. The van der Waals surface area contributed by atoms with Crippen molar-refractivity contribution in [3.63, 3.8) is 0 Å². The van der Waals surface area contributed by atoms with Gasteiger partial charge >= 0.3 is 5.97 Å². The average Bonchev–Trinajstić information content (AvgIpc) is 2.88. The van der Waals surface area contributed by atoms with Crippen LogP contribution in [0.25, 0.3) is 11.3 Å². The van der Waals surface area contributed by atoms with E-state index in [1.165, 1.54) is 18.4 Å². The molecule has 0 bridgehead atoms. The zero-order valence-corrected chi connectivity index (χ0v) is 13.8. The summed E-state index contributed by atoms with van der Waals surface area (Å²) < 4.78 is 5.40. The number of carbonyl (C=O) groups is 1. The lowest BCUT2D eigenvalue weighted by molar-refractivity contribution is 0.0532. The van der Waals surface area contributed by atoms with Crippen molar-refractivity contribution in [3.05, 3.63) is 39.2 Å². The van der Waals surface area contributed by atoms with Crippen LogP contribution in [0.4, 0.5) is 0 Å². The highest BCUT2D eigenvalue weighted by atomic mass is 35.5. The number of halogens is 1. The number of ether oxygens (including phenoxy) is 1.